The van der Waals surface area contributed by atoms with E-state index in [1.54, 1.807) is 18.3 Å². The Balaban J connectivity index is 1.79. The molecule has 6 heteroatoms. The third-order valence-corrected chi connectivity index (χ3v) is 4.82. The van der Waals surface area contributed by atoms with Crippen molar-refractivity contribution in [1.82, 2.24) is 15.2 Å². The smallest absolute Gasteiger partial charge is 0.253 e. The first-order valence-corrected chi connectivity index (χ1v) is 8.90. The molecule has 2 heterocycles. The van der Waals surface area contributed by atoms with E-state index in [1.807, 2.05) is 19.9 Å². The maximum Gasteiger partial charge on any atom is 0.253 e. The summed E-state index contributed by atoms with van der Waals surface area (Å²) in [5, 5.41) is 2.96. The molecule has 1 amide bonds. The van der Waals surface area contributed by atoms with Crippen molar-refractivity contribution in [3.8, 4) is 0 Å². The molecule has 1 aliphatic rings. The summed E-state index contributed by atoms with van der Waals surface area (Å²) >= 11 is 0. The van der Waals surface area contributed by atoms with Crippen molar-refractivity contribution in [3.63, 3.8) is 0 Å². The van der Waals surface area contributed by atoms with Crippen LogP contribution in [0.1, 0.15) is 34.6 Å². The molecule has 1 aromatic heterocycles. The van der Waals surface area contributed by atoms with Crippen LogP contribution in [0.4, 0.5) is 10.1 Å². The molecule has 0 saturated carbocycles. The van der Waals surface area contributed by atoms with E-state index in [2.05, 4.69) is 27.1 Å². The van der Waals surface area contributed by atoms with Crippen LogP contribution in [0, 0.1) is 12.7 Å². The third kappa shape index (κ3) is 4.19. The van der Waals surface area contributed by atoms with Crippen molar-refractivity contribution >= 4 is 11.6 Å². The van der Waals surface area contributed by atoms with Gasteiger partial charge < -0.3 is 15.1 Å². The minimum Gasteiger partial charge on any atom is -0.369 e. The Morgan fingerprint density at radius 2 is 1.92 bits per heavy atom. The number of benzene rings is 1. The molecule has 1 aromatic carbocycles. The Morgan fingerprint density at radius 1 is 1.19 bits per heavy atom. The zero-order valence-electron chi connectivity index (χ0n) is 15.5. The lowest BCUT2D eigenvalue weighted by molar-refractivity contribution is 0.0939. The monoisotopic (exact) mass is 356 g/mol. The van der Waals surface area contributed by atoms with Crippen LogP contribution in [0.25, 0.3) is 0 Å². The lowest BCUT2D eigenvalue weighted by Crippen LogP contribution is -2.45. The average Bonchev–Trinajstić information content (AvgIpc) is 2.63. The SMILES string of the molecule is Cc1ccc(C(=O)N[C@H](C)c2cc(F)ccc2N2CCN(C)CC2)cn1. The number of carbonyl (C=O) groups excluding carboxylic acids is 1. The van der Waals surface area contributed by atoms with Crippen LogP contribution in [0.3, 0.4) is 0 Å². The van der Waals surface area contributed by atoms with E-state index in [4.69, 9.17) is 0 Å². The molecular weight excluding hydrogens is 331 g/mol. The maximum absolute atomic E-state index is 13.9. The molecule has 1 aliphatic heterocycles. The highest BCUT2D eigenvalue weighted by atomic mass is 19.1. The molecule has 138 valence electrons. The van der Waals surface area contributed by atoms with E-state index in [0.29, 0.717) is 5.56 Å². The van der Waals surface area contributed by atoms with Gasteiger partial charge in [0.1, 0.15) is 5.82 Å². The van der Waals surface area contributed by atoms with Crippen molar-refractivity contribution in [2.24, 2.45) is 0 Å². The molecule has 1 N–H and O–H groups in total. The Morgan fingerprint density at radius 3 is 2.58 bits per heavy atom. The fourth-order valence-corrected chi connectivity index (χ4v) is 3.17. The minimum absolute atomic E-state index is 0.210. The van der Waals surface area contributed by atoms with E-state index in [9.17, 15) is 9.18 Å². The molecule has 3 rings (SSSR count). The first kappa shape index (κ1) is 18.3. The van der Waals surface area contributed by atoms with Crippen LogP contribution in [0.5, 0.6) is 0 Å². The van der Waals surface area contributed by atoms with Crippen molar-refractivity contribution in [2.45, 2.75) is 19.9 Å². The van der Waals surface area contributed by atoms with E-state index >= 15 is 0 Å². The molecule has 1 fully saturated rings. The lowest BCUT2D eigenvalue weighted by Gasteiger charge is -2.36. The second kappa shape index (κ2) is 7.83. The average molecular weight is 356 g/mol. The Labute approximate surface area is 153 Å². The number of halogens is 1. The Kier molecular flexibility index (Phi) is 5.52. The molecule has 0 bridgehead atoms. The van der Waals surface area contributed by atoms with Gasteiger partial charge in [-0.2, -0.15) is 0 Å². The van der Waals surface area contributed by atoms with Gasteiger partial charge in [0.2, 0.25) is 0 Å². The van der Waals surface area contributed by atoms with E-state index < -0.39 is 0 Å². The number of aryl methyl sites for hydroxylation is 1. The number of amides is 1. The van der Waals surface area contributed by atoms with Gasteiger partial charge in [0.05, 0.1) is 11.6 Å². The number of nitrogens with one attached hydrogen (secondary N) is 1. The van der Waals surface area contributed by atoms with Gasteiger partial charge in [-0.25, -0.2) is 4.39 Å². The van der Waals surface area contributed by atoms with Gasteiger partial charge in [-0.05, 0) is 51.2 Å². The zero-order valence-corrected chi connectivity index (χ0v) is 15.5. The van der Waals surface area contributed by atoms with E-state index in [1.165, 1.54) is 12.1 Å². The van der Waals surface area contributed by atoms with Crippen LogP contribution in [-0.4, -0.2) is 49.0 Å². The summed E-state index contributed by atoms with van der Waals surface area (Å²) in [6, 6.07) is 8.05. The number of carbonyl (C=O) groups is 1. The first-order valence-electron chi connectivity index (χ1n) is 8.90. The minimum atomic E-state index is -0.311. The molecule has 0 radical (unpaired) electrons. The highest BCUT2D eigenvalue weighted by Gasteiger charge is 2.21. The number of piperazine rings is 1. The molecule has 1 saturated heterocycles. The maximum atomic E-state index is 13.9. The number of anilines is 1. The predicted octanol–water partition coefficient (Wildman–Crippen LogP) is 2.77. The van der Waals surface area contributed by atoms with Crippen molar-refractivity contribution in [3.05, 3.63) is 59.2 Å². The van der Waals surface area contributed by atoms with Crippen LogP contribution in [-0.2, 0) is 0 Å². The topological polar surface area (TPSA) is 48.5 Å². The molecule has 0 unspecified atom stereocenters. The summed E-state index contributed by atoms with van der Waals surface area (Å²) in [7, 11) is 2.10. The molecule has 1 atom stereocenters. The number of hydrogen-bond donors (Lipinski definition) is 1. The number of rotatable bonds is 4. The molecule has 0 aliphatic carbocycles. The van der Waals surface area contributed by atoms with Gasteiger partial charge >= 0.3 is 0 Å². The Bertz CT molecular complexity index is 770. The van der Waals surface area contributed by atoms with Crippen molar-refractivity contribution in [2.75, 3.05) is 38.1 Å². The molecule has 5 nitrogen and oxygen atoms in total. The number of pyridine rings is 1. The molecule has 2 aromatic rings. The van der Waals surface area contributed by atoms with Crippen LogP contribution in [0.2, 0.25) is 0 Å². The highest BCUT2D eigenvalue weighted by Crippen LogP contribution is 2.28. The Hall–Kier alpha value is -2.47. The van der Waals surface area contributed by atoms with E-state index in [0.717, 1.165) is 43.1 Å². The molecule has 0 spiro atoms. The van der Waals surface area contributed by atoms with Crippen LogP contribution < -0.4 is 10.2 Å². The molecular formula is C20H25FN4O. The normalized spacial score (nSPS) is 16.4. The summed E-state index contributed by atoms with van der Waals surface area (Å²) in [6.45, 7) is 7.46. The third-order valence-electron chi connectivity index (χ3n) is 4.82. The zero-order chi connectivity index (χ0) is 18.7. The van der Waals surface area contributed by atoms with Gasteiger partial charge in [-0.3, -0.25) is 9.78 Å². The summed E-state index contributed by atoms with van der Waals surface area (Å²) in [4.78, 5) is 21.2. The molecule has 26 heavy (non-hydrogen) atoms. The number of aromatic nitrogens is 1. The number of hydrogen-bond acceptors (Lipinski definition) is 4. The highest BCUT2D eigenvalue weighted by molar-refractivity contribution is 5.94. The predicted molar refractivity (Wildman–Crippen MR) is 101 cm³/mol. The summed E-state index contributed by atoms with van der Waals surface area (Å²) in [5.41, 5.74) is 3.13. The summed E-state index contributed by atoms with van der Waals surface area (Å²) < 4.78 is 13.9. The fourth-order valence-electron chi connectivity index (χ4n) is 3.17. The standard InChI is InChI=1S/C20H25FN4O/c1-14-4-5-16(13-22-14)20(26)23-15(2)18-12-17(21)6-7-19(18)25-10-8-24(3)9-11-25/h4-7,12-13,15H,8-11H2,1-3H3,(H,23,26)/t15-/m1/s1. The second-order valence-electron chi connectivity index (χ2n) is 6.88. The number of likely N-dealkylation sites (N-methyl/N-ethyl adjacent to an activating group) is 1. The number of nitrogens with zero attached hydrogens (tertiary/aromatic N) is 3. The van der Waals surface area contributed by atoms with E-state index in [-0.39, 0.29) is 17.8 Å². The quantitative estimate of drug-likeness (QED) is 0.915. The van der Waals surface area contributed by atoms with Gasteiger partial charge in [0.15, 0.2) is 0 Å². The fraction of sp³-hybridized carbons (Fsp3) is 0.400. The van der Waals surface area contributed by atoms with Crippen LogP contribution >= 0.6 is 0 Å². The van der Waals surface area contributed by atoms with Crippen molar-refractivity contribution < 1.29 is 9.18 Å². The van der Waals surface area contributed by atoms with Gasteiger partial charge in [-0.1, -0.05) is 0 Å². The van der Waals surface area contributed by atoms with Gasteiger partial charge in [-0.15, -0.1) is 0 Å². The second-order valence-corrected chi connectivity index (χ2v) is 6.88. The largest absolute Gasteiger partial charge is 0.369 e. The van der Waals surface area contributed by atoms with Crippen LogP contribution in [0.15, 0.2) is 36.5 Å². The first-order chi connectivity index (χ1) is 12.4. The van der Waals surface area contributed by atoms with Gasteiger partial charge in [0, 0.05) is 49.3 Å². The lowest BCUT2D eigenvalue weighted by atomic mass is 10.0. The van der Waals surface area contributed by atoms with Gasteiger partial charge in [0.25, 0.3) is 5.91 Å². The summed E-state index contributed by atoms with van der Waals surface area (Å²) in [6.07, 6.45) is 1.56. The van der Waals surface area contributed by atoms with Crippen molar-refractivity contribution in [1.29, 1.82) is 0 Å². The summed E-state index contributed by atoms with van der Waals surface area (Å²) in [5.74, 6) is -0.505.